The normalized spacial score (nSPS) is 12.0. The van der Waals surface area contributed by atoms with Crippen molar-refractivity contribution in [1.29, 1.82) is 0 Å². The van der Waals surface area contributed by atoms with Crippen LogP contribution in [0.4, 0.5) is 14.9 Å². The Balaban J connectivity index is 2.48. The van der Waals surface area contributed by atoms with Gasteiger partial charge in [-0.25, -0.2) is 19.0 Å². The SMILES string of the molecule is CC(C)c1cccc(/C(=C/C(=O)O)C(C)(C)C)c1NC(=O)NC(=O)c1cc(F)c(Cl)nc1Cl. The van der Waals surface area contributed by atoms with Gasteiger partial charge < -0.3 is 10.4 Å². The summed E-state index contributed by atoms with van der Waals surface area (Å²) in [6.45, 7) is 9.36. The summed E-state index contributed by atoms with van der Waals surface area (Å²) in [6.07, 6.45) is 1.09. The Bertz CT molecular complexity index is 1140. The van der Waals surface area contributed by atoms with Gasteiger partial charge in [0.2, 0.25) is 0 Å². The zero-order valence-corrected chi connectivity index (χ0v) is 20.2. The number of hydrogen-bond acceptors (Lipinski definition) is 4. The summed E-state index contributed by atoms with van der Waals surface area (Å²) >= 11 is 11.4. The van der Waals surface area contributed by atoms with Crippen molar-refractivity contribution in [1.82, 2.24) is 10.3 Å². The quantitative estimate of drug-likeness (QED) is 0.341. The van der Waals surface area contributed by atoms with Crippen LogP contribution in [0.15, 0.2) is 30.3 Å². The highest BCUT2D eigenvalue weighted by Gasteiger charge is 2.26. The van der Waals surface area contributed by atoms with E-state index in [-0.39, 0.29) is 16.6 Å². The molecule has 1 aromatic heterocycles. The molecule has 2 aromatic rings. The summed E-state index contributed by atoms with van der Waals surface area (Å²) in [5.74, 6) is -3.12. The van der Waals surface area contributed by atoms with Gasteiger partial charge in [-0.15, -0.1) is 0 Å². The number of carboxylic acid groups (broad SMARTS) is 1. The summed E-state index contributed by atoms with van der Waals surface area (Å²) in [5.41, 5.74) is 1.12. The van der Waals surface area contributed by atoms with Gasteiger partial charge in [0.05, 0.1) is 11.3 Å². The molecular formula is C23H24Cl2FN3O4. The second kappa shape index (κ2) is 10.3. The number of benzene rings is 1. The second-order valence-corrected chi connectivity index (χ2v) is 9.29. The molecule has 0 aliphatic rings. The second-order valence-electron chi connectivity index (χ2n) is 8.58. The number of para-hydroxylation sites is 1. The molecule has 176 valence electrons. The standard InChI is InChI=1S/C23H24Cl2FN3O4/c1-11(2)12-7-6-8-13(15(10-17(30)31)23(3,4)5)18(12)27-22(33)29-21(32)14-9-16(26)20(25)28-19(14)24/h6-11H,1-5H3,(H,30,31)(H2,27,29,32,33)/b15-10-. The van der Waals surface area contributed by atoms with Gasteiger partial charge >= 0.3 is 12.0 Å². The number of urea groups is 1. The molecule has 0 saturated carbocycles. The molecule has 33 heavy (non-hydrogen) atoms. The number of allylic oxidation sites excluding steroid dienone is 1. The number of nitrogens with one attached hydrogen (secondary N) is 2. The molecular weight excluding hydrogens is 472 g/mol. The van der Waals surface area contributed by atoms with Crippen molar-refractivity contribution in [2.45, 2.75) is 40.5 Å². The summed E-state index contributed by atoms with van der Waals surface area (Å²) in [7, 11) is 0. The fourth-order valence-electron chi connectivity index (χ4n) is 3.16. The van der Waals surface area contributed by atoms with E-state index in [1.54, 1.807) is 18.2 Å². The molecule has 0 atom stereocenters. The van der Waals surface area contributed by atoms with Crippen LogP contribution >= 0.6 is 23.2 Å². The number of rotatable bonds is 5. The molecule has 0 fully saturated rings. The lowest BCUT2D eigenvalue weighted by molar-refractivity contribution is -0.131. The fraction of sp³-hybridized carbons (Fsp3) is 0.304. The van der Waals surface area contributed by atoms with Crippen molar-refractivity contribution in [3.63, 3.8) is 0 Å². The maximum absolute atomic E-state index is 13.7. The largest absolute Gasteiger partial charge is 0.478 e. The van der Waals surface area contributed by atoms with Gasteiger partial charge in [-0.2, -0.15) is 0 Å². The lowest BCUT2D eigenvalue weighted by Crippen LogP contribution is -2.35. The molecule has 3 amide bonds. The molecule has 1 heterocycles. The molecule has 7 nitrogen and oxygen atoms in total. The number of pyridine rings is 1. The number of anilines is 1. The molecule has 0 radical (unpaired) electrons. The number of carbonyl (C=O) groups excluding carboxylic acids is 2. The minimum Gasteiger partial charge on any atom is -0.478 e. The van der Waals surface area contributed by atoms with Crippen LogP contribution < -0.4 is 10.6 Å². The van der Waals surface area contributed by atoms with Gasteiger partial charge in [-0.1, -0.05) is 76.0 Å². The zero-order valence-electron chi connectivity index (χ0n) is 18.7. The van der Waals surface area contributed by atoms with Crippen molar-refractivity contribution in [2.75, 3.05) is 5.32 Å². The molecule has 0 unspecified atom stereocenters. The topological polar surface area (TPSA) is 108 Å². The van der Waals surface area contributed by atoms with E-state index in [0.29, 0.717) is 16.8 Å². The number of nitrogens with zero attached hydrogens (tertiary/aromatic N) is 1. The lowest BCUT2D eigenvalue weighted by atomic mass is 9.80. The zero-order chi connectivity index (χ0) is 25.1. The first kappa shape index (κ1) is 26.3. The van der Waals surface area contributed by atoms with Crippen molar-refractivity contribution in [3.05, 3.63) is 63.2 Å². The number of amides is 3. The Morgan fingerprint density at radius 1 is 1.12 bits per heavy atom. The molecule has 0 spiro atoms. The third-order valence-electron chi connectivity index (χ3n) is 4.68. The Morgan fingerprint density at radius 3 is 2.30 bits per heavy atom. The molecule has 0 aliphatic heterocycles. The van der Waals surface area contributed by atoms with Gasteiger partial charge in [-0.3, -0.25) is 10.1 Å². The van der Waals surface area contributed by atoms with E-state index < -0.39 is 34.3 Å². The van der Waals surface area contributed by atoms with E-state index in [1.165, 1.54) is 0 Å². The van der Waals surface area contributed by atoms with E-state index in [0.717, 1.165) is 17.7 Å². The summed E-state index contributed by atoms with van der Waals surface area (Å²) in [6, 6.07) is 5.12. The van der Waals surface area contributed by atoms with Gasteiger partial charge in [0.25, 0.3) is 5.91 Å². The molecule has 3 N–H and O–H groups in total. The highest BCUT2D eigenvalue weighted by Crippen LogP contribution is 2.40. The summed E-state index contributed by atoms with van der Waals surface area (Å²) < 4.78 is 13.7. The van der Waals surface area contributed by atoms with Crippen LogP contribution in [-0.4, -0.2) is 28.0 Å². The van der Waals surface area contributed by atoms with Gasteiger partial charge in [-0.05, 0) is 28.5 Å². The predicted molar refractivity (Wildman–Crippen MR) is 126 cm³/mol. The van der Waals surface area contributed by atoms with Crippen molar-refractivity contribution >= 4 is 52.4 Å². The first-order chi connectivity index (χ1) is 15.2. The minimum absolute atomic E-state index is 0.0361. The van der Waals surface area contributed by atoms with E-state index >= 15 is 0 Å². The lowest BCUT2D eigenvalue weighted by Gasteiger charge is -2.27. The number of hydrogen-bond donors (Lipinski definition) is 3. The van der Waals surface area contributed by atoms with Crippen LogP contribution in [0.25, 0.3) is 5.57 Å². The molecule has 0 saturated heterocycles. The molecule has 0 aliphatic carbocycles. The minimum atomic E-state index is -1.13. The third kappa shape index (κ3) is 6.52. The Hall–Kier alpha value is -2.97. The molecule has 0 bridgehead atoms. The molecule has 2 rings (SSSR count). The number of aliphatic carboxylic acids is 1. The average Bonchev–Trinajstić information content (AvgIpc) is 2.67. The first-order valence-corrected chi connectivity index (χ1v) is 10.7. The number of halogens is 3. The van der Waals surface area contributed by atoms with Crippen LogP contribution in [0.1, 0.15) is 62.0 Å². The van der Waals surface area contributed by atoms with Crippen LogP contribution in [0, 0.1) is 11.2 Å². The third-order valence-corrected chi connectivity index (χ3v) is 5.23. The maximum Gasteiger partial charge on any atom is 0.328 e. The number of carboxylic acids is 1. The maximum atomic E-state index is 13.7. The van der Waals surface area contributed by atoms with Gasteiger partial charge in [0.15, 0.2) is 11.0 Å². The van der Waals surface area contributed by atoms with Crippen molar-refractivity contribution in [2.24, 2.45) is 5.41 Å². The monoisotopic (exact) mass is 495 g/mol. The van der Waals surface area contributed by atoms with Crippen molar-refractivity contribution < 1.29 is 23.9 Å². The number of aromatic nitrogens is 1. The smallest absolute Gasteiger partial charge is 0.328 e. The summed E-state index contributed by atoms with van der Waals surface area (Å²) in [5, 5.41) is 13.3. The molecule has 1 aromatic carbocycles. The fourth-order valence-corrected chi connectivity index (χ4v) is 3.56. The van der Waals surface area contributed by atoms with E-state index in [4.69, 9.17) is 23.2 Å². The van der Waals surface area contributed by atoms with E-state index in [1.807, 2.05) is 34.6 Å². The van der Waals surface area contributed by atoms with E-state index in [2.05, 4.69) is 15.6 Å². The van der Waals surface area contributed by atoms with Crippen LogP contribution in [0.5, 0.6) is 0 Å². The van der Waals surface area contributed by atoms with Gasteiger partial charge in [0, 0.05) is 11.6 Å². The Labute approximate surface area is 201 Å². The summed E-state index contributed by atoms with van der Waals surface area (Å²) in [4.78, 5) is 40.2. The average molecular weight is 496 g/mol. The Kier molecular flexibility index (Phi) is 8.21. The number of carbonyl (C=O) groups is 3. The first-order valence-electron chi connectivity index (χ1n) is 9.94. The van der Waals surface area contributed by atoms with Crippen LogP contribution in [0.2, 0.25) is 10.3 Å². The van der Waals surface area contributed by atoms with Gasteiger partial charge in [0.1, 0.15) is 5.15 Å². The highest BCUT2D eigenvalue weighted by atomic mass is 35.5. The molecule has 10 heteroatoms. The number of imide groups is 1. The highest BCUT2D eigenvalue weighted by molar-refractivity contribution is 6.35. The van der Waals surface area contributed by atoms with Crippen LogP contribution in [-0.2, 0) is 4.79 Å². The van der Waals surface area contributed by atoms with E-state index in [9.17, 15) is 23.9 Å². The predicted octanol–water partition coefficient (Wildman–Crippen LogP) is 6.13. The van der Waals surface area contributed by atoms with Crippen molar-refractivity contribution in [3.8, 4) is 0 Å². The van der Waals surface area contributed by atoms with Crippen LogP contribution in [0.3, 0.4) is 0 Å². The Morgan fingerprint density at radius 2 is 1.76 bits per heavy atom.